The summed E-state index contributed by atoms with van der Waals surface area (Å²) in [7, 11) is -1.11. The van der Waals surface area contributed by atoms with Crippen molar-refractivity contribution in [3.05, 3.63) is 89.4 Å². The van der Waals surface area contributed by atoms with E-state index in [1.54, 1.807) is 80.8 Å². The van der Waals surface area contributed by atoms with E-state index in [4.69, 9.17) is 16.3 Å². The quantitative estimate of drug-likeness (QED) is 0.393. The summed E-state index contributed by atoms with van der Waals surface area (Å²) in [5, 5.41) is 2.78. The van der Waals surface area contributed by atoms with Gasteiger partial charge in [0.05, 0.1) is 22.7 Å². The molecular formula is C27H30ClN3O5S. The Kier molecular flexibility index (Phi) is 9.54. The number of rotatable bonds is 11. The third-order valence-electron chi connectivity index (χ3n) is 5.88. The summed E-state index contributed by atoms with van der Waals surface area (Å²) in [4.78, 5) is 28.0. The van der Waals surface area contributed by atoms with Crippen molar-refractivity contribution < 1.29 is 22.7 Å². The summed E-state index contributed by atoms with van der Waals surface area (Å²) < 4.78 is 33.6. The third-order valence-corrected chi connectivity index (χ3v) is 7.97. The molecule has 0 fully saturated rings. The van der Waals surface area contributed by atoms with Gasteiger partial charge in [0.15, 0.2) is 0 Å². The van der Waals surface area contributed by atoms with E-state index < -0.39 is 28.5 Å². The van der Waals surface area contributed by atoms with Gasteiger partial charge in [-0.3, -0.25) is 13.9 Å². The second-order valence-electron chi connectivity index (χ2n) is 8.18. The number of nitrogens with zero attached hydrogens (tertiary/aromatic N) is 2. The number of anilines is 1. The smallest absolute Gasteiger partial charge is 0.264 e. The van der Waals surface area contributed by atoms with Crippen molar-refractivity contribution in [2.45, 2.75) is 30.8 Å². The van der Waals surface area contributed by atoms with E-state index in [1.165, 1.54) is 24.1 Å². The maximum atomic E-state index is 13.8. The molecule has 8 nitrogen and oxygen atoms in total. The standard InChI is InChI=1S/C27H30ClN3O5S/c1-4-24(27(33)29-2)30(18-20-14-16-21(36-3)17-15-20)26(32)19-31(25-13-9-8-12-23(25)28)37(34,35)22-10-6-5-7-11-22/h5-17,24H,4,18-19H2,1-3H3,(H,29,33). The fourth-order valence-corrected chi connectivity index (χ4v) is 5.64. The maximum Gasteiger partial charge on any atom is 0.264 e. The zero-order valence-electron chi connectivity index (χ0n) is 20.9. The lowest BCUT2D eigenvalue weighted by Gasteiger charge is -2.33. The van der Waals surface area contributed by atoms with E-state index in [-0.39, 0.29) is 28.1 Å². The maximum absolute atomic E-state index is 13.8. The highest BCUT2D eigenvalue weighted by Crippen LogP contribution is 2.30. The van der Waals surface area contributed by atoms with Crippen LogP contribution in [0.3, 0.4) is 0 Å². The van der Waals surface area contributed by atoms with Crippen LogP contribution in [-0.4, -0.2) is 51.9 Å². The first-order valence-electron chi connectivity index (χ1n) is 11.7. The van der Waals surface area contributed by atoms with Crippen LogP contribution in [0.15, 0.2) is 83.8 Å². The minimum absolute atomic E-state index is 0.0165. The molecule has 2 amide bonds. The van der Waals surface area contributed by atoms with Gasteiger partial charge in [-0.1, -0.05) is 61.0 Å². The molecule has 0 saturated carbocycles. The van der Waals surface area contributed by atoms with Crippen LogP contribution in [-0.2, 0) is 26.2 Å². The van der Waals surface area contributed by atoms with Crippen LogP contribution < -0.4 is 14.4 Å². The summed E-state index contributed by atoms with van der Waals surface area (Å²) in [5.41, 5.74) is 0.922. The van der Waals surface area contributed by atoms with Gasteiger partial charge in [0.1, 0.15) is 18.3 Å². The van der Waals surface area contributed by atoms with Crippen molar-refractivity contribution in [3.8, 4) is 5.75 Å². The Morgan fingerprint density at radius 1 is 0.973 bits per heavy atom. The van der Waals surface area contributed by atoms with Crippen molar-refractivity contribution >= 4 is 39.1 Å². The number of ether oxygens (including phenoxy) is 1. The van der Waals surface area contributed by atoms with Crippen molar-refractivity contribution in [3.63, 3.8) is 0 Å². The third kappa shape index (κ3) is 6.61. The van der Waals surface area contributed by atoms with Gasteiger partial charge in [0, 0.05) is 13.6 Å². The number of hydrogen-bond donors (Lipinski definition) is 1. The normalized spacial score (nSPS) is 11.9. The van der Waals surface area contributed by atoms with E-state index >= 15 is 0 Å². The average molecular weight is 544 g/mol. The molecule has 3 aromatic carbocycles. The molecule has 3 rings (SSSR count). The highest BCUT2D eigenvalue weighted by molar-refractivity contribution is 7.92. The lowest BCUT2D eigenvalue weighted by molar-refractivity contribution is -0.140. The molecule has 0 radical (unpaired) electrons. The first kappa shape index (κ1) is 28.0. The van der Waals surface area contributed by atoms with Gasteiger partial charge in [-0.2, -0.15) is 0 Å². The Balaban J connectivity index is 2.05. The number of amides is 2. The zero-order valence-corrected chi connectivity index (χ0v) is 22.5. The van der Waals surface area contributed by atoms with Crippen LogP contribution in [0.1, 0.15) is 18.9 Å². The number of para-hydroxylation sites is 1. The topological polar surface area (TPSA) is 96.0 Å². The molecule has 3 aromatic rings. The van der Waals surface area contributed by atoms with Crippen LogP contribution in [0, 0.1) is 0 Å². The molecule has 1 unspecified atom stereocenters. The summed E-state index contributed by atoms with van der Waals surface area (Å²) in [5.74, 6) is -0.246. The number of methoxy groups -OCH3 is 1. The molecule has 0 aliphatic heterocycles. The van der Waals surface area contributed by atoms with Gasteiger partial charge < -0.3 is 15.0 Å². The minimum atomic E-state index is -4.16. The van der Waals surface area contributed by atoms with E-state index in [0.717, 1.165) is 9.87 Å². The lowest BCUT2D eigenvalue weighted by atomic mass is 10.1. The van der Waals surface area contributed by atoms with Crippen molar-refractivity contribution in [2.24, 2.45) is 0 Å². The zero-order chi connectivity index (χ0) is 27.0. The fourth-order valence-electron chi connectivity index (χ4n) is 3.90. The van der Waals surface area contributed by atoms with Crippen molar-refractivity contribution in [1.82, 2.24) is 10.2 Å². The average Bonchev–Trinajstić information content (AvgIpc) is 2.92. The molecule has 0 bridgehead atoms. The molecule has 0 spiro atoms. The summed E-state index contributed by atoms with van der Waals surface area (Å²) >= 11 is 6.39. The lowest BCUT2D eigenvalue weighted by Crippen LogP contribution is -2.51. The SMILES string of the molecule is CCC(C(=O)NC)N(Cc1ccc(OC)cc1)C(=O)CN(c1ccccc1Cl)S(=O)(=O)c1ccccc1. The number of sulfonamides is 1. The molecule has 0 saturated heterocycles. The molecule has 196 valence electrons. The van der Waals surface area contributed by atoms with Crippen molar-refractivity contribution in [2.75, 3.05) is 25.0 Å². The number of halogens is 1. The minimum Gasteiger partial charge on any atom is -0.497 e. The molecule has 0 aliphatic rings. The Bertz CT molecular complexity index is 1320. The van der Waals surface area contributed by atoms with Crippen LogP contribution in [0.2, 0.25) is 5.02 Å². The van der Waals surface area contributed by atoms with E-state index in [9.17, 15) is 18.0 Å². The van der Waals surface area contributed by atoms with Gasteiger partial charge in [-0.05, 0) is 48.4 Å². The Hall–Kier alpha value is -3.56. The van der Waals surface area contributed by atoms with E-state index in [0.29, 0.717) is 12.2 Å². The Labute approximate surface area is 222 Å². The number of carbonyl (C=O) groups excluding carboxylic acids is 2. The number of carbonyl (C=O) groups is 2. The van der Waals surface area contributed by atoms with E-state index in [2.05, 4.69) is 5.32 Å². The van der Waals surface area contributed by atoms with Crippen LogP contribution in [0.5, 0.6) is 5.75 Å². The molecule has 0 heterocycles. The highest BCUT2D eigenvalue weighted by atomic mass is 35.5. The van der Waals surface area contributed by atoms with Gasteiger partial charge >= 0.3 is 0 Å². The van der Waals surface area contributed by atoms with Crippen LogP contribution in [0.25, 0.3) is 0 Å². The highest BCUT2D eigenvalue weighted by Gasteiger charge is 2.34. The van der Waals surface area contributed by atoms with E-state index in [1.807, 2.05) is 0 Å². The molecule has 1 N–H and O–H groups in total. The fraction of sp³-hybridized carbons (Fsp3) is 0.259. The van der Waals surface area contributed by atoms with Crippen molar-refractivity contribution in [1.29, 1.82) is 0 Å². The second-order valence-corrected chi connectivity index (χ2v) is 10.5. The number of nitrogens with one attached hydrogen (secondary N) is 1. The van der Waals surface area contributed by atoms with Crippen LogP contribution >= 0.6 is 11.6 Å². The number of hydrogen-bond acceptors (Lipinski definition) is 5. The summed E-state index contributed by atoms with van der Waals surface area (Å²) in [6.07, 6.45) is 0.332. The Morgan fingerprint density at radius 2 is 1.59 bits per heavy atom. The molecule has 10 heteroatoms. The monoisotopic (exact) mass is 543 g/mol. The van der Waals surface area contributed by atoms with Gasteiger partial charge in [-0.25, -0.2) is 8.42 Å². The number of likely N-dealkylation sites (N-methyl/N-ethyl adjacent to an activating group) is 1. The molecule has 1 atom stereocenters. The van der Waals surface area contributed by atoms with Crippen LogP contribution in [0.4, 0.5) is 5.69 Å². The number of benzene rings is 3. The van der Waals surface area contributed by atoms with Gasteiger partial charge in [0.25, 0.3) is 10.0 Å². The second kappa shape index (κ2) is 12.6. The first-order valence-corrected chi connectivity index (χ1v) is 13.5. The largest absolute Gasteiger partial charge is 0.497 e. The molecular weight excluding hydrogens is 514 g/mol. The van der Waals surface area contributed by atoms with Gasteiger partial charge in [0.2, 0.25) is 11.8 Å². The summed E-state index contributed by atoms with van der Waals surface area (Å²) in [6.45, 7) is 1.34. The summed E-state index contributed by atoms with van der Waals surface area (Å²) in [6, 6.07) is 20.5. The molecule has 37 heavy (non-hydrogen) atoms. The Morgan fingerprint density at radius 3 is 2.16 bits per heavy atom. The molecule has 0 aromatic heterocycles. The van der Waals surface area contributed by atoms with Gasteiger partial charge in [-0.15, -0.1) is 0 Å². The predicted octanol–water partition coefficient (Wildman–Crippen LogP) is 4.10. The first-order chi connectivity index (χ1) is 17.7. The molecule has 0 aliphatic carbocycles. The predicted molar refractivity (Wildman–Crippen MR) is 144 cm³/mol.